The van der Waals surface area contributed by atoms with Crippen LogP contribution in [0.25, 0.3) is 54.8 Å². The predicted octanol–water partition coefficient (Wildman–Crippen LogP) is 16.6. The molecule has 13 rings (SSSR count). The summed E-state index contributed by atoms with van der Waals surface area (Å²) in [6.45, 7) is 8.96. The van der Waals surface area contributed by atoms with Crippen molar-refractivity contribution in [3.8, 4) is 35.8 Å². The maximum atomic E-state index is 12.6. The van der Waals surface area contributed by atoms with Crippen LogP contribution in [-0.4, -0.2) is 11.1 Å². The smallest absolute Gasteiger partial charge is 0.354 e. The molecule has 1 N–H and O–H groups in total. The Morgan fingerprint density at radius 2 is 0.946 bits per heavy atom. The first-order chi connectivity index (χ1) is 43.8. The standard InChI is InChI=1S/C18H14ClNO2.C12H8ClNO2.C11H6ClNO2.C10H4ClNO2.C9H5ClO3.C9H5ClO2/c1-11-8-16-14(9-15(11)19)12(2)18(10-20,17(21)22-16)13-6-4-3-5-7-13;1-6-3-11-8(4-10(6)13)7(2)9(5-14)12(15)16-11;1-6-8-4-7(12)2-3-10(8)15-11(14)9(6)5-13;11-8-1-2-9-6(4-8)3-7(5-12)10(13)14-9;10-5-1-2-8-6(3-5)7(11)4-9(12)13-8;10-7-2-3-8-6(5-7)1-4-9(11)12-8/h3-9,12H,1-2H3;3-4H,1-2H3;2-4H,1H3;1-4H;1-4,11H;1-5H. The van der Waals surface area contributed by atoms with E-state index in [2.05, 4.69) is 6.07 Å². The Labute approximate surface area is 550 Å². The van der Waals surface area contributed by atoms with Crippen molar-refractivity contribution >= 4 is 130 Å². The minimum absolute atomic E-state index is 0.0141. The largest absolute Gasteiger partial charge is 0.507 e. The fourth-order valence-corrected chi connectivity index (χ4v) is 10.4. The number of nitriles is 4. The summed E-state index contributed by atoms with van der Waals surface area (Å²) in [5, 5.41) is 52.1. The zero-order valence-corrected chi connectivity index (χ0v) is 52.9. The van der Waals surface area contributed by atoms with Gasteiger partial charge in [0, 0.05) is 69.2 Å². The molecule has 17 nitrogen and oxygen atoms in total. The van der Waals surface area contributed by atoms with E-state index < -0.39 is 33.9 Å². The lowest BCUT2D eigenvalue weighted by molar-refractivity contribution is -0.140. The van der Waals surface area contributed by atoms with Crippen LogP contribution < -0.4 is 32.9 Å². The van der Waals surface area contributed by atoms with E-state index in [1.807, 2.05) is 51.1 Å². The van der Waals surface area contributed by atoms with Gasteiger partial charge in [-0.05, 0) is 165 Å². The van der Waals surface area contributed by atoms with E-state index in [0.29, 0.717) is 102 Å². The predicted molar refractivity (Wildman–Crippen MR) is 351 cm³/mol. The number of carbonyl (C=O) groups is 1. The molecule has 0 bridgehead atoms. The number of rotatable bonds is 1. The van der Waals surface area contributed by atoms with Crippen LogP contribution in [0.4, 0.5) is 0 Å². The average molecular weight is 1350 g/mol. The fourth-order valence-electron chi connectivity index (χ4n) is 9.35. The van der Waals surface area contributed by atoms with E-state index in [1.165, 1.54) is 18.2 Å². The molecule has 2 unspecified atom stereocenters. The Balaban J connectivity index is 0.000000144. The van der Waals surface area contributed by atoms with Crippen molar-refractivity contribution < 1.29 is 36.7 Å². The SMILES string of the molecule is Cc1c(C#N)c(=O)oc2ccc(Cl)cc12.Cc1cc2c(cc1Cl)C(C)C(C#N)(c1ccccc1)C(=O)O2.Cc1cc2oc(=O)c(C#N)c(C)c2cc1Cl.N#Cc1cc2cc(Cl)ccc2oc1=O.O=c1cc(O)c2cc(Cl)ccc2o1.O=c1ccc2cc(Cl)ccc2o1. The number of halogens is 6. The summed E-state index contributed by atoms with van der Waals surface area (Å²) in [6, 6.07) is 48.7. The first-order valence-corrected chi connectivity index (χ1v) is 29.1. The van der Waals surface area contributed by atoms with Crippen LogP contribution in [0, 0.1) is 73.0 Å². The Hall–Kier alpha value is -10.4. The van der Waals surface area contributed by atoms with Gasteiger partial charge in [-0.25, -0.2) is 28.8 Å². The first kappa shape index (κ1) is 67.5. The lowest BCUT2D eigenvalue weighted by Crippen LogP contribution is -2.45. The zero-order chi connectivity index (χ0) is 66.9. The van der Waals surface area contributed by atoms with Gasteiger partial charge in [0.1, 0.15) is 74.3 Å². The second kappa shape index (κ2) is 29.0. The summed E-state index contributed by atoms with van der Waals surface area (Å²) in [4.78, 5) is 68.2. The monoisotopic (exact) mass is 1340 g/mol. The molecule has 6 heterocycles. The molecule has 0 saturated carbocycles. The lowest BCUT2D eigenvalue weighted by atomic mass is 9.68. The molecule has 0 fully saturated rings. The molecule has 5 aromatic heterocycles. The van der Waals surface area contributed by atoms with Crippen molar-refractivity contribution in [3.05, 3.63) is 284 Å². The highest BCUT2D eigenvalue weighted by Crippen LogP contribution is 2.48. The summed E-state index contributed by atoms with van der Waals surface area (Å²) in [5.41, 5.74) is 2.47. The molecule has 458 valence electrons. The molecular weight excluding hydrogens is 1310 g/mol. The molecule has 0 saturated heterocycles. The summed E-state index contributed by atoms with van der Waals surface area (Å²) in [5.74, 6) is -0.521. The minimum atomic E-state index is -1.35. The molecule has 2 atom stereocenters. The summed E-state index contributed by atoms with van der Waals surface area (Å²) < 4.78 is 30.2. The third-order valence-corrected chi connectivity index (χ3v) is 16.0. The highest BCUT2D eigenvalue weighted by Gasteiger charge is 2.52. The Kier molecular flexibility index (Phi) is 21.3. The molecule has 1 aliphatic rings. The van der Waals surface area contributed by atoms with Crippen LogP contribution in [0.2, 0.25) is 30.1 Å². The Morgan fingerprint density at radius 3 is 1.53 bits per heavy atom. The van der Waals surface area contributed by atoms with Crippen LogP contribution in [0.5, 0.6) is 11.5 Å². The fraction of sp³-hybridized carbons (Fsp3) is 0.101. The molecule has 7 aromatic carbocycles. The third-order valence-electron chi connectivity index (χ3n) is 14.2. The van der Waals surface area contributed by atoms with Crippen molar-refractivity contribution in [2.24, 2.45) is 0 Å². The van der Waals surface area contributed by atoms with Gasteiger partial charge in [0.25, 0.3) is 0 Å². The van der Waals surface area contributed by atoms with Gasteiger partial charge >= 0.3 is 34.1 Å². The molecule has 0 amide bonds. The van der Waals surface area contributed by atoms with E-state index in [4.69, 9.17) is 112 Å². The van der Waals surface area contributed by atoms with Crippen molar-refractivity contribution in [1.82, 2.24) is 0 Å². The molecule has 0 spiro atoms. The van der Waals surface area contributed by atoms with Crippen molar-refractivity contribution in [1.29, 1.82) is 21.0 Å². The molecule has 0 aliphatic carbocycles. The Bertz CT molecular complexity index is 5430. The lowest BCUT2D eigenvalue weighted by Gasteiger charge is -2.36. The molecule has 23 heteroatoms. The number of carbonyl (C=O) groups excluding carboxylic acids is 1. The second-order valence-electron chi connectivity index (χ2n) is 20.0. The van der Waals surface area contributed by atoms with Crippen molar-refractivity contribution in [2.75, 3.05) is 0 Å². The van der Waals surface area contributed by atoms with Gasteiger partial charge in [-0.2, -0.15) is 21.0 Å². The quantitative estimate of drug-likeness (QED) is 0.0907. The van der Waals surface area contributed by atoms with Crippen LogP contribution in [0.3, 0.4) is 0 Å². The number of aryl methyl sites for hydroxylation is 4. The highest BCUT2D eigenvalue weighted by molar-refractivity contribution is 6.33. The van der Waals surface area contributed by atoms with E-state index >= 15 is 0 Å². The number of hydrogen-bond acceptors (Lipinski definition) is 17. The van der Waals surface area contributed by atoms with Gasteiger partial charge in [0.05, 0.1) is 17.5 Å². The van der Waals surface area contributed by atoms with E-state index in [0.717, 1.165) is 28.1 Å². The number of fused-ring (bicyclic) bond motifs is 6. The van der Waals surface area contributed by atoms with Gasteiger partial charge in [-0.1, -0.05) is 107 Å². The van der Waals surface area contributed by atoms with E-state index in [-0.39, 0.29) is 34.0 Å². The molecule has 12 aromatic rings. The summed E-state index contributed by atoms with van der Waals surface area (Å²) >= 11 is 35.2. The molecule has 92 heavy (non-hydrogen) atoms. The van der Waals surface area contributed by atoms with Gasteiger partial charge in [-0.15, -0.1) is 0 Å². The molecule has 0 radical (unpaired) electrons. The van der Waals surface area contributed by atoms with Crippen LogP contribution in [0.15, 0.2) is 198 Å². The number of hydrogen-bond donors (Lipinski definition) is 1. The number of benzene rings is 7. The second-order valence-corrected chi connectivity index (χ2v) is 22.6. The van der Waals surface area contributed by atoms with Gasteiger partial charge < -0.3 is 31.9 Å². The number of ether oxygens (including phenoxy) is 1. The maximum Gasteiger partial charge on any atom is 0.354 e. The van der Waals surface area contributed by atoms with Gasteiger partial charge in [0.15, 0.2) is 5.41 Å². The van der Waals surface area contributed by atoms with Crippen molar-refractivity contribution in [3.63, 3.8) is 0 Å². The Morgan fingerprint density at radius 1 is 0.457 bits per heavy atom. The molecular formula is C69H42Cl6N4O13. The van der Waals surface area contributed by atoms with Gasteiger partial charge in [0.2, 0.25) is 0 Å². The topological polar surface area (TPSA) is 293 Å². The summed E-state index contributed by atoms with van der Waals surface area (Å²) in [6.07, 6.45) is 0. The van der Waals surface area contributed by atoms with Crippen LogP contribution in [-0.2, 0) is 10.2 Å². The zero-order valence-electron chi connectivity index (χ0n) is 48.4. The highest BCUT2D eigenvalue weighted by atomic mass is 35.5. The summed E-state index contributed by atoms with van der Waals surface area (Å²) in [7, 11) is 0. The van der Waals surface area contributed by atoms with E-state index in [9.17, 15) is 39.1 Å². The van der Waals surface area contributed by atoms with Gasteiger partial charge in [-0.3, -0.25) is 0 Å². The van der Waals surface area contributed by atoms with E-state index in [1.54, 1.807) is 129 Å². The number of aromatic hydroxyl groups is 1. The number of nitrogens with zero attached hydrogens (tertiary/aromatic N) is 4. The average Bonchev–Trinajstić information content (AvgIpc) is 0.739. The number of esters is 1. The third kappa shape index (κ3) is 14.9. The minimum Gasteiger partial charge on any atom is -0.507 e. The normalized spacial score (nSPS) is 13.4. The van der Waals surface area contributed by atoms with Crippen LogP contribution in [0.1, 0.15) is 62.9 Å². The molecule has 1 aliphatic heterocycles. The van der Waals surface area contributed by atoms with Crippen molar-refractivity contribution in [2.45, 2.75) is 46.0 Å². The maximum absolute atomic E-state index is 12.6. The first-order valence-electron chi connectivity index (χ1n) is 26.8. The van der Waals surface area contributed by atoms with Crippen LogP contribution >= 0.6 is 69.6 Å².